The van der Waals surface area contributed by atoms with E-state index >= 15 is 0 Å². The normalized spacial score (nSPS) is 19.2. The summed E-state index contributed by atoms with van der Waals surface area (Å²) in [4.78, 5) is 13.7. The second-order valence-corrected chi connectivity index (χ2v) is 5.89. The summed E-state index contributed by atoms with van der Waals surface area (Å²) in [5.74, 6) is 0. The summed E-state index contributed by atoms with van der Waals surface area (Å²) < 4.78 is 24.3. The highest BCUT2D eigenvalue weighted by atomic mass is 35.5. The van der Waals surface area contributed by atoms with Crippen LogP contribution in [0.5, 0.6) is 0 Å². The molecule has 0 amide bonds. The number of nitrogens with one attached hydrogen (secondary N) is 1. The van der Waals surface area contributed by atoms with Crippen molar-refractivity contribution in [3.63, 3.8) is 0 Å². The Morgan fingerprint density at radius 1 is 1.50 bits per heavy atom. The quantitative estimate of drug-likeness (QED) is 0.645. The van der Waals surface area contributed by atoms with E-state index in [1.165, 1.54) is 12.3 Å². The Labute approximate surface area is 110 Å². The van der Waals surface area contributed by atoms with Crippen molar-refractivity contribution in [1.82, 2.24) is 10.3 Å². The second-order valence-electron chi connectivity index (χ2n) is 3.74. The van der Waals surface area contributed by atoms with Crippen molar-refractivity contribution in [3.05, 3.63) is 28.4 Å². The monoisotopic (exact) mass is 293 g/mol. The molecule has 1 N–H and O–H groups in total. The lowest BCUT2D eigenvalue weighted by Gasteiger charge is -2.09. The van der Waals surface area contributed by atoms with Crippen LogP contribution in [0.2, 0.25) is 0 Å². The minimum Gasteiger partial charge on any atom is -0.315 e. The molecule has 0 aliphatic carbocycles. The average Bonchev–Trinajstić information content (AvgIpc) is 2.83. The van der Waals surface area contributed by atoms with E-state index in [-0.39, 0.29) is 12.4 Å². The average molecular weight is 294 g/mol. The fourth-order valence-corrected chi connectivity index (χ4v) is 3.51. The van der Waals surface area contributed by atoms with Gasteiger partial charge in [0.15, 0.2) is 0 Å². The van der Waals surface area contributed by atoms with Crippen molar-refractivity contribution in [2.75, 3.05) is 13.1 Å². The first-order valence-corrected chi connectivity index (χ1v) is 6.62. The van der Waals surface area contributed by atoms with Crippen LogP contribution in [-0.2, 0) is 9.84 Å². The van der Waals surface area contributed by atoms with Crippen LogP contribution in [0.1, 0.15) is 6.42 Å². The molecule has 1 unspecified atom stereocenters. The Kier molecular flexibility index (Phi) is 4.60. The molecule has 1 atom stereocenters. The van der Waals surface area contributed by atoms with Crippen LogP contribution in [0, 0.1) is 10.1 Å². The van der Waals surface area contributed by atoms with E-state index in [1.807, 2.05) is 0 Å². The molecule has 2 rings (SSSR count). The summed E-state index contributed by atoms with van der Waals surface area (Å²) in [5, 5.41) is 12.6. The third kappa shape index (κ3) is 2.60. The molecule has 1 fully saturated rings. The highest BCUT2D eigenvalue weighted by molar-refractivity contribution is 7.92. The van der Waals surface area contributed by atoms with Gasteiger partial charge in [0.1, 0.15) is 0 Å². The molecular formula is C9H12ClN3O4S. The molecule has 0 spiro atoms. The predicted octanol–water partition coefficient (Wildman–Crippen LogP) is 0.547. The van der Waals surface area contributed by atoms with Gasteiger partial charge >= 0.3 is 5.69 Å². The van der Waals surface area contributed by atoms with E-state index < -0.39 is 30.7 Å². The van der Waals surface area contributed by atoms with E-state index in [1.54, 1.807) is 0 Å². The zero-order chi connectivity index (χ0) is 12.5. The molecule has 0 radical (unpaired) electrons. The van der Waals surface area contributed by atoms with Crippen LogP contribution in [0.25, 0.3) is 0 Å². The number of hydrogen-bond acceptors (Lipinski definition) is 6. The van der Waals surface area contributed by atoms with E-state index in [0.717, 1.165) is 6.07 Å². The van der Waals surface area contributed by atoms with Gasteiger partial charge in [0.25, 0.3) is 0 Å². The second kappa shape index (κ2) is 5.59. The molecule has 7 nitrogen and oxygen atoms in total. The molecule has 0 bridgehead atoms. The Balaban J connectivity index is 0.00000162. The molecular weight excluding hydrogens is 282 g/mol. The Morgan fingerprint density at radius 2 is 2.22 bits per heavy atom. The topological polar surface area (TPSA) is 102 Å². The Hall–Kier alpha value is -1.25. The van der Waals surface area contributed by atoms with Gasteiger partial charge in [-0.1, -0.05) is 0 Å². The minimum absolute atomic E-state index is 0. The molecule has 0 aromatic carbocycles. The van der Waals surface area contributed by atoms with Crippen molar-refractivity contribution >= 4 is 27.9 Å². The van der Waals surface area contributed by atoms with Crippen molar-refractivity contribution in [2.45, 2.75) is 16.7 Å². The van der Waals surface area contributed by atoms with E-state index in [9.17, 15) is 18.5 Å². The number of nitro groups is 1. The van der Waals surface area contributed by atoms with Gasteiger partial charge in [-0.3, -0.25) is 10.1 Å². The molecule has 1 aliphatic rings. The highest BCUT2D eigenvalue weighted by Crippen LogP contribution is 2.26. The molecule has 1 aromatic rings. The van der Waals surface area contributed by atoms with Crippen LogP contribution < -0.4 is 5.32 Å². The fraction of sp³-hybridized carbons (Fsp3) is 0.444. The Morgan fingerprint density at radius 3 is 2.78 bits per heavy atom. The number of hydrogen-bond donors (Lipinski definition) is 1. The molecule has 18 heavy (non-hydrogen) atoms. The summed E-state index contributed by atoms with van der Waals surface area (Å²) >= 11 is 0. The summed E-state index contributed by atoms with van der Waals surface area (Å²) in [7, 11) is -3.73. The van der Waals surface area contributed by atoms with Crippen molar-refractivity contribution in [3.8, 4) is 0 Å². The maximum absolute atomic E-state index is 12.2. The number of halogens is 1. The van der Waals surface area contributed by atoms with E-state index in [2.05, 4.69) is 10.3 Å². The van der Waals surface area contributed by atoms with E-state index in [0.29, 0.717) is 19.5 Å². The van der Waals surface area contributed by atoms with Crippen LogP contribution in [0.4, 0.5) is 5.69 Å². The fourth-order valence-electron chi connectivity index (χ4n) is 1.79. The third-order valence-corrected chi connectivity index (χ3v) is 4.80. The summed E-state index contributed by atoms with van der Waals surface area (Å²) in [6, 6.07) is 2.51. The van der Waals surface area contributed by atoms with Gasteiger partial charge in [-0.05, 0) is 19.0 Å². The first kappa shape index (κ1) is 14.8. The largest absolute Gasteiger partial charge is 0.315 e. The standard InChI is InChI=1S/C9H11N3O4S.ClH/c13-12(14)8-2-1-4-11-9(8)17(15,16)7-3-5-10-6-7;/h1-2,4,7,10H,3,5-6H2;1H. The summed E-state index contributed by atoms with van der Waals surface area (Å²) in [6.07, 6.45) is 1.71. The maximum atomic E-state index is 12.2. The van der Waals surface area contributed by atoms with Gasteiger partial charge in [-0.15, -0.1) is 12.4 Å². The molecule has 0 saturated carbocycles. The van der Waals surface area contributed by atoms with Gasteiger partial charge in [0.2, 0.25) is 14.9 Å². The van der Waals surface area contributed by atoms with Crippen LogP contribution in [0.15, 0.2) is 23.4 Å². The van der Waals surface area contributed by atoms with Crippen molar-refractivity contribution in [1.29, 1.82) is 0 Å². The van der Waals surface area contributed by atoms with Gasteiger partial charge in [-0.25, -0.2) is 13.4 Å². The number of pyridine rings is 1. The highest BCUT2D eigenvalue weighted by Gasteiger charge is 2.36. The van der Waals surface area contributed by atoms with Crippen LogP contribution >= 0.6 is 12.4 Å². The van der Waals surface area contributed by atoms with Gasteiger partial charge in [0, 0.05) is 18.8 Å². The Bertz CT molecular complexity index is 542. The SMILES string of the molecule is Cl.O=[N+]([O-])c1cccnc1S(=O)(=O)C1CCNC1. The maximum Gasteiger partial charge on any atom is 0.306 e. The lowest BCUT2D eigenvalue weighted by molar-refractivity contribution is -0.388. The van der Waals surface area contributed by atoms with Gasteiger partial charge in [0.05, 0.1) is 10.2 Å². The minimum atomic E-state index is -3.73. The molecule has 2 heterocycles. The number of nitrogens with zero attached hydrogens (tertiary/aromatic N) is 2. The molecule has 1 aliphatic heterocycles. The number of aromatic nitrogens is 1. The number of rotatable bonds is 3. The van der Waals surface area contributed by atoms with Gasteiger partial charge < -0.3 is 5.32 Å². The summed E-state index contributed by atoms with van der Waals surface area (Å²) in [6.45, 7) is 0.917. The summed E-state index contributed by atoms with van der Waals surface area (Å²) in [5.41, 5.74) is -0.459. The zero-order valence-corrected chi connectivity index (χ0v) is 10.9. The van der Waals surface area contributed by atoms with Crippen molar-refractivity contribution in [2.24, 2.45) is 0 Å². The van der Waals surface area contributed by atoms with Crippen LogP contribution in [0.3, 0.4) is 0 Å². The van der Waals surface area contributed by atoms with Crippen molar-refractivity contribution < 1.29 is 13.3 Å². The smallest absolute Gasteiger partial charge is 0.306 e. The first-order valence-electron chi connectivity index (χ1n) is 5.07. The van der Waals surface area contributed by atoms with Crippen LogP contribution in [-0.4, -0.2) is 36.7 Å². The number of sulfone groups is 1. The molecule has 9 heteroatoms. The molecule has 1 saturated heterocycles. The molecule has 100 valence electrons. The lowest BCUT2D eigenvalue weighted by Crippen LogP contribution is -2.25. The molecule has 1 aromatic heterocycles. The third-order valence-electron chi connectivity index (χ3n) is 2.67. The van der Waals surface area contributed by atoms with Gasteiger partial charge in [-0.2, -0.15) is 0 Å². The first-order chi connectivity index (χ1) is 8.03. The lowest BCUT2D eigenvalue weighted by atomic mass is 10.4. The predicted molar refractivity (Wildman–Crippen MR) is 66.6 cm³/mol. The van der Waals surface area contributed by atoms with E-state index in [4.69, 9.17) is 0 Å². The zero-order valence-electron chi connectivity index (χ0n) is 9.27.